The third-order valence-electron chi connectivity index (χ3n) is 6.34. The number of sulfone groups is 1. The van der Waals surface area contributed by atoms with Crippen LogP contribution in [0.1, 0.15) is 11.5 Å². The average molecular weight is 557 g/mol. The molecule has 0 atom stereocenters. The second-order valence-corrected chi connectivity index (χ2v) is 11.3. The lowest BCUT2D eigenvalue weighted by molar-refractivity contribution is -0.156. The third-order valence-corrected chi connectivity index (χ3v) is 7.95. The first kappa shape index (κ1) is 26.4. The number of nitrogens with zero attached hydrogens (tertiary/aromatic N) is 4. The lowest BCUT2D eigenvalue weighted by atomic mass is 10.1. The van der Waals surface area contributed by atoms with Crippen LogP contribution in [0.25, 0.3) is 22.6 Å². The molecule has 0 saturated carbocycles. The zero-order valence-electron chi connectivity index (χ0n) is 20.5. The van der Waals surface area contributed by atoms with Gasteiger partial charge in [-0.25, -0.2) is 13.2 Å². The van der Waals surface area contributed by atoms with E-state index in [2.05, 4.69) is 10.2 Å². The number of rotatable bonds is 5. The predicted molar refractivity (Wildman–Crippen MR) is 138 cm³/mol. The van der Waals surface area contributed by atoms with Crippen LogP contribution in [0.2, 0.25) is 0 Å². The molecule has 1 aliphatic heterocycles. The van der Waals surface area contributed by atoms with E-state index in [0.717, 1.165) is 11.1 Å². The standard InChI is InChI=1S/C27H23F3N4O4S/c28-27(29,30)25-32-31-24(38-25)22-8-6-19(7-9-22)18-34(26(35)33-14-16-39(36,37)17-15-33)23-12-10-21(11-13-23)20-4-2-1-3-5-20/h1-13H,14-18H2. The first-order valence-corrected chi connectivity index (χ1v) is 13.8. The molecule has 4 aromatic rings. The second-order valence-electron chi connectivity index (χ2n) is 9.03. The topological polar surface area (TPSA) is 96.6 Å². The van der Waals surface area contributed by atoms with Crippen LogP contribution in [0.3, 0.4) is 0 Å². The van der Waals surface area contributed by atoms with Gasteiger partial charge in [0.25, 0.3) is 0 Å². The van der Waals surface area contributed by atoms with Gasteiger partial charge in [-0.2, -0.15) is 13.2 Å². The molecule has 202 valence electrons. The number of halogens is 3. The largest absolute Gasteiger partial charge is 0.470 e. The highest BCUT2D eigenvalue weighted by Gasteiger charge is 2.38. The van der Waals surface area contributed by atoms with Gasteiger partial charge in [0.1, 0.15) is 0 Å². The number of alkyl halides is 3. The molecule has 1 aromatic heterocycles. The zero-order chi connectivity index (χ0) is 27.6. The minimum atomic E-state index is -4.74. The molecule has 0 spiro atoms. The van der Waals surface area contributed by atoms with E-state index in [4.69, 9.17) is 4.42 Å². The van der Waals surface area contributed by atoms with Crippen molar-refractivity contribution in [2.24, 2.45) is 0 Å². The maximum absolute atomic E-state index is 13.6. The van der Waals surface area contributed by atoms with Crippen molar-refractivity contribution in [1.82, 2.24) is 15.1 Å². The van der Waals surface area contributed by atoms with E-state index in [1.165, 1.54) is 17.0 Å². The first-order chi connectivity index (χ1) is 18.6. The van der Waals surface area contributed by atoms with Crippen molar-refractivity contribution in [3.8, 4) is 22.6 Å². The zero-order valence-corrected chi connectivity index (χ0v) is 21.3. The Labute approximate surface area is 222 Å². The molecule has 1 aliphatic rings. The van der Waals surface area contributed by atoms with Gasteiger partial charge in [0.05, 0.1) is 18.1 Å². The van der Waals surface area contributed by atoms with E-state index in [1.807, 2.05) is 54.6 Å². The number of hydrogen-bond acceptors (Lipinski definition) is 6. The summed E-state index contributed by atoms with van der Waals surface area (Å²) in [5.41, 5.74) is 3.60. The van der Waals surface area contributed by atoms with Crippen LogP contribution in [0.4, 0.5) is 23.7 Å². The Morgan fingerprint density at radius 3 is 2.03 bits per heavy atom. The van der Waals surface area contributed by atoms with E-state index < -0.39 is 21.9 Å². The highest BCUT2D eigenvalue weighted by atomic mass is 32.2. The molecule has 3 aromatic carbocycles. The molecule has 12 heteroatoms. The molecule has 0 aliphatic carbocycles. The van der Waals surface area contributed by atoms with Crippen LogP contribution in [-0.2, 0) is 22.6 Å². The van der Waals surface area contributed by atoms with Crippen LogP contribution in [-0.4, -0.2) is 54.1 Å². The molecule has 0 unspecified atom stereocenters. The predicted octanol–water partition coefficient (Wildman–Crippen LogP) is 5.28. The average Bonchev–Trinajstić information content (AvgIpc) is 3.44. The Bertz CT molecular complexity index is 1540. The highest BCUT2D eigenvalue weighted by Crippen LogP contribution is 2.31. The molecule has 0 N–H and O–H groups in total. The minimum absolute atomic E-state index is 0.0946. The molecule has 8 nitrogen and oxygen atoms in total. The van der Waals surface area contributed by atoms with E-state index in [-0.39, 0.29) is 43.1 Å². The van der Waals surface area contributed by atoms with Gasteiger partial charge in [-0.1, -0.05) is 54.6 Å². The summed E-state index contributed by atoms with van der Waals surface area (Å²) in [6.45, 7) is 0.333. The molecule has 2 heterocycles. The number of carbonyl (C=O) groups is 1. The molecular weight excluding hydrogens is 533 g/mol. The van der Waals surface area contributed by atoms with Gasteiger partial charge in [0.15, 0.2) is 9.84 Å². The van der Waals surface area contributed by atoms with Crippen LogP contribution in [0.15, 0.2) is 83.3 Å². The van der Waals surface area contributed by atoms with Crippen molar-refractivity contribution in [1.29, 1.82) is 0 Å². The summed E-state index contributed by atoms with van der Waals surface area (Å²) in [5, 5.41) is 6.51. The molecule has 0 radical (unpaired) electrons. The molecule has 5 rings (SSSR count). The summed E-state index contributed by atoms with van der Waals surface area (Å²) in [5.74, 6) is -1.90. The van der Waals surface area contributed by atoms with Gasteiger partial charge in [-0.15, -0.1) is 10.2 Å². The van der Waals surface area contributed by atoms with Gasteiger partial charge in [0.2, 0.25) is 5.89 Å². The fourth-order valence-electron chi connectivity index (χ4n) is 4.20. The Kier molecular flexibility index (Phi) is 7.13. The van der Waals surface area contributed by atoms with E-state index in [0.29, 0.717) is 16.8 Å². The van der Waals surface area contributed by atoms with Crippen molar-refractivity contribution in [3.63, 3.8) is 0 Å². The molecule has 1 fully saturated rings. The van der Waals surface area contributed by atoms with Crippen LogP contribution in [0.5, 0.6) is 0 Å². The number of amides is 2. The first-order valence-electron chi connectivity index (χ1n) is 12.0. The molecule has 1 saturated heterocycles. The van der Waals surface area contributed by atoms with E-state index in [1.54, 1.807) is 17.0 Å². The van der Waals surface area contributed by atoms with Crippen LogP contribution >= 0.6 is 0 Å². The lowest BCUT2D eigenvalue weighted by Gasteiger charge is -2.33. The van der Waals surface area contributed by atoms with Crippen molar-refractivity contribution < 1.29 is 30.8 Å². The van der Waals surface area contributed by atoms with E-state index in [9.17, 15) is 26.4 Å². The normalized spacial score (nSPS) is 15.2. The summed E-state index contributed by atoms with van der Waals surface area (Å²) in [6.07, 6.45) is -4.74. The van der Waals surface area contributed by atoms with Gasteiger partial charge in [0, 0.05) is 24.3 Å². The number of aromatic nitrogens is 2. The Balaban J connectivity index is 1.40. The smallest absolute Gasteiger partial charge is 0.413 e. The van der Waals surface area contributed by atoms with Gasteiger partial charge < -0.3 is 9.32 Å². The summed E-state index contributed by atoms with van der Waals surface area (Å²) in [7, 11) is -3.18. The number of benzene rings is 3. The number of hydrogen-bond donors (Lipinski definition) is 0. The Morgan fingerprint density at radius 2 is 1.44 bits per heavy atom. The van der Waals surface area contributed by atoms with Gasteiger partial charge in [-0.05, 0) is 41.0 Å². The monoisotopic (exact) mass is 556 g/mol. The fourth-order valence-corrected chi connectivity index (χ4v) is 5.40. The van der Waals surface area contributed by atoms with Gasteiger partial charge >= 0.3 is 18.1 Å². The van der Waals surface area contributed by atoms with E-state index >= 15 is 0 Å². The fraction of sp³-hybridized carbons (Fsp3) is 0.222. The maximum Gasteiger partial charge on any atom is 0.470 e. The summed E-state index contributed by atoms with van der Waals surface area (Å²) in [4.78, 5) is 16.6. The van der Waals surface area contributed by atoms with Crippen molar-refractivity contribution in [2.45, 2.75) is 12.7 Å². The van der Waals surface area contributed by atoms with Crippen molar-refractivity contribution in [3.05, 3.63) is 90.3 Å². The molecule has 2 amide bonds. The summed E-state index contributed by atoms with van der Waals surface area (Å²) >= 11 is 0. The second kappa shape index (κ2) is 10.5. The van der Waals surface area contributed by atoms with Crippen molar-refractivity contribution in [2.75, 3.05) is 29.5 Å². The Morgan fingerprint density at radius 1 is 0.846 bits per heavy atom. The summed E-state index contributed by atoms with van der Waals surface area (Å²) < 4.78 is 67.0. The lowest BCUT2D eigenvalue weighted by Crippen LogP contribution is -2.49. The van der Waals surface area contributed by atoms with Crippen molar-refractivity contribution >= 4 is 21.6 Å². The molecule has 39 heavy (non-hydrogen) atoms. The van der Waals surface area contributed by atoms with Crippen LogP contribution < -0.4 is 4.90 Å². The van der Waals surface area contributed by atoms with Gasteiger partial charge in [-0.3, -0.25) is 4.90 Å². The number of urea groups is 1. The Hall–Kier alpha value is -4.19. The highest BCUT2D eigenvalue weighted by molar-refractivity contribution is 7.91. The number of anilines is 1. The quantitative estimate of drug-likeness (QED) is 0.332. The minimum Gasteiger partial charge on any atom is -0.413 e. The number of carbonyl (C=O) groups excluding carboxylic acids is 1. The summed E-state index contributed by atoms with van der Waals surface area (Å²) in [6, 6.07) is 23.3. The third kappa shape index (κ3) is 6.11. The molecule has 0 bridgehead atoms. The molecular formula is C27H23F3N4O4S. The SMILES string of the molecule is O=C(N1CCS(=O)(=O)CC1)N(Cc1ccc(-c2nnc(C(F)(F)F)o2)cc1)c1ccc(-c2ccccc2)cc1. The van der Waals surface area contributed by atoms with Crippen LogP contribution in [0, 0.1) is 0 Å². The maximum atomic E-state index is 13.6.